The molecule has 0 spiro atoms. The van der Waals surface area contributed by atoms with E-state index in [9.17, 15) is 0 Å². The van der Waals surface area contributed by atoms with E-state index < -0.39 is 0 Å². The first-order chi connectivity index (χ1) is 12.7. The lowest BCUT2D eigenvalue weighted by molar-refractivity contribution is 0.347. The van der Waals surface area contributed by atoms with Crippen molar-refractivity contribution in [2.24, 2.45) is 0 Å². The predicted molar refractivity (Wildman–Crippen MR) is 100 cm³/mol. The van der Waals surface area contributed by atoms with Gasteiger partial charge in [-0.15, -0.1) is 0 Å². The Bertz CT molecular complexity index is 861. The third kappa shape index (κ3) is 4.42. The molecule has 0 aliphatic carbocycles. The third-order valence-electron chi connectivity index (χ3n) is 3.75. The van der Waals surface area contributed by atoms with Crippen LogP contribution in [0.15, 0.2) is 54.6 Å². The summed E-state index contributed by atoms with van der Waals surface area (Å²) in [6, 6.07) is 17.7. The molecule has 1 aromatic heterocycles. The number of aryl methyl sites for hydroxylation is 1. The molecule has 26 heavy (non-hydrogen) atoms. The Kier molecular flexibility index (Phi) is 5.53. The Labute approximate surface area is 152 Å². The van der Waals surface area contributed by atoms with Crippen molar-refractivity contribution in [2.75, 3.05) is 19.5 Å². The fourth-order valence-electron chi connectivity index (χ4n) is 2.44. The highest BCUT2D eigenvalue weighted by Crippen LogP contribution is 2.27. The minimum absolute atomic E-state index is 0.171. The van der Waals surface area contributed by atoms with Crippen molar-refractivity contribution < 1.29 is 14.2 Å². The van der Waals surface area contributed by atoms with Gasteiger partial charge in [0.15, 0.2) is 0 Å². The molecule has 0 saturated carbocycles. The van der Waals surface area contributed by atoms with Gasteiger partial charge in [0.05, 0.1) is 20.3 Å². The lowest BCUT2D eigenvalue weighted by atomic mass is 10.2. The zero-order valence-corrected chi connectivity index (χ0v) is 15.0. The van der Waals surface area contributed by atoms with Crippen LogP contribution in [-0.2, 0) is 6.54 Å². The highest BCUT2D eigenvalue weighted by atomic mass is 16.5. The van der Waals surface area contributed by atoms with Crippen LogP contribution in [0.1, 0.15) is 11.1 Å². The van der Waals surface area contributed by atoms with E-state index >= 15 is 0 Å². The van der Waals surface area contributed by atoms with Gasteiger partial charge in [-0.3, -0.25) is 0 Å². The van der Waals surface area contributed by atoms with Crippen LogP contribution in [0.5, 0.6) is 23.5 Å². The molecule has 0 atom stereocenters. The molecule has 134 valence electrons. The van der Waals surface area contributed by atoms with E-state index in [0.717, 1.165) is 11.3 Å². The number of rotatable bonds is 7. The molecule has 0 radical (unpaired) electrons. The molecular formula is C20H21N3O3. The Balaban J connectivity index is 1.79. The normalized spacial score (nSPS) is 10.3. The molecule has 0 aliphatic rings. The maximum atomic E-state index is 5.88. The molecule has 0 bridgehead atoms. The van der Waals surface area contributed by atoms with E-state index in [1.807, 2.05) is 36.4 Å². The molecule has 3 aromatic rings. The second kappa shape index (κ2) is 8.20. The van der Waals surface area contributed by atoms with E-state index in [0.29, 0.717) is 24.1 Å². The summed E-state index contributed by atoms with van der Waals surface area (Å²) in [4.78, 5) is 8.42. The Morgan fingerprint density at radius 3 is 2.31 bits per heavy atom. The number of nitrogens with one attached hydrogen (secondary N) is 1. The molecule has 0 aliphatic heterocycles. The van der Waals surface area contributed by atoms with Gasteiger partial charge >= 0.3 is 6.01 Å². The van der Waals surface area contributed by atoms with E-state index in [4.69, 9.17) is 14.2 Å². The van der Waals surface area contributed by atoms with E-state index in [2.05, 4.69) is 34.3 Å². The number of anilines is 1. The molecule has 1 heterocycles. The number of para-hydroxylation sites is 1. The molecule has 6 heteroatoms. The van der Waals surface area contributed by atoms with Gasteiger partial charge in [-0.1, -0.05) is 30.3 Å². The number of hydrogen-bond donors (Lipinski definition) is 1. The summed E-state index contributed by atoms with van der Waals surface area (Å²) in [5, 5.41) is 3.40. The number of aromatic nitrogens is 2. The highest BCUT2D eigenvalue weighted by molar-refractivity contribution is 5.47. The Morgan fingerprint density at radius 1 is 0.885 bits per heavy atom. The van der Waals surface area contributed by atoms with Gasteiger partial charge in [-0.25, -0.2) is 0 Å². The smallest absolute Gasteiger partial charge is 0.328 e. The van der Waals surface area contributed by atoms with Gasteiger partial charge in [0, 0.05) is 17.8 Å². The molecule has 6 nitrogen and oxygen atoms in total. The largest absolute Gasteiger partial charge is 0.481 e. The van der Waals surface area contributed by atoms with E-state index in [1.165, 1.54) is 19.8 Å². The number of methoxy groups -OCH3 is 2. The van der Waals surface area contributed by atoms with E-state index in [1.54, 1.807) is 6.07 Å². The fraction of sp³-hybridized carbons (Fsp3) is 0.200. The number of benzene rings is 2. The van der Waals surface area contributed by atoms with Crippen molar-refractivity contribution in [1.82, 2.24) is 9.97 Å². The van der Waals surface area contributed by atoms with Crippen LogP contribution in [0.25, 0.3) is 0 Å². The van der Waals surface area contributed by atoms with Gasteiger partial charge in [-0.05, 0) is 30.7 Å². The zero-order valence-electron chi connectivity index (χ0n) is 15.0. The number of nitrogens with zero attached hydrogens (tertiary/aromatic N) is 2. The van der Waals surface area contributed by atoms with E-state index in [-0.39, 0.29) is 6.01 Å². The number of hydrogen-bond acceptors (Lipinski definition) is 6. The predicted octanol–water partition coefficient (Wildman–Crippen LogP) is 4.21. The summed E-state index contributed by atoms with van der Waals surface area (Å²) in [5.74, 6) is 1.42. The lowest BCUT2D eigenvalue weighted by Crippen LogP contribution is -2.03. The quantitative estimate of drug-likeness (QED) is 0.688. The van der Waals surface area contributed by atoms with Crippen LogP contribution < -0.4 is 19.5 Å². The minimum atomic E-state index is 0.171. The topological polar surface area (TPSA) is 65.5 Å². The van der Waals surface area contributed by atoms with Crippen molar-refractivity contribution >= 4 is 5.69 Å². The molecule has 0 fully saturated rings. The highest BCUT2D eigenvalue weighted by Gasteiger charge is 2.10. The van der Waals surface area contributed by atoms with Crippen molar-refractivity contribution in [1.29, 1.82) is 0 Å². The maximum Gasteiger partial charge on any atom is 0.328 e. The zero-order chi connectivity index (χ0) is 18.4. The summed E-state index contributed by atoms with van der Waals surface area (Å²) in [6.45, 7) is 2.68. The molecule has 0 unspecified atom stereocenters. The van der Waals surface area contributed by atoms with Crippen LogP contribution in [0, 0.1) is 6.92 Å². The second-order valence-corrected chi connectivity index (χ2v) is 5.67. The maximum absolute atomic E-state index is 5.88. The summed E-state index contributed by atoms with van der Waals surface area (Å²) in [7, 11) is 3.07. The lowest BCUT2D eigenvalue weighted by Gasteiger charge is -2.12. The van der Waals surface area contributed by atoms with Crippen LogP contribution >= 0.6 is 0 Å². The molecular weight excluding hydrogens is 330 g/mol. The minimum Gasteiger partial charge on any atom is -0.481 e. The first-order valence-electron chi connectivity index (χ1n) is 8.21. The van der Waals surface area contributed by atoms with Crippen LogP contribution in [0.2, 0.25) is 0 Å². The second-order valence-electron chi connectivity index (χ2n) is 5.67. The van der Waals surface area contributed by atoms with Crippen LogP contribution in [-0.4, -0.2) is 24.2 Å². The van der Waals surface area contributed by atoms with Crippen molar-refractivity contribution in [3.05, 3.63) is 65.7 Å². The van der Waals surface area contributed by atoms with Gasteiger partial charge in [0.1, 0.15) is 5.75 Å². The third-order valence-corrected chi connectivity index (χ3v) is 3.75. The van der Waals surface area contributed by atoms with Gasteiger partial charge in [0.2, 0.25) is 11.8 Å². The summed E-state index contributed by atoms with van der Waals surface area (Å²) in [6.07, 6.45) is 0. The van der Waals surface area contributed by atoms with Crippen LogP contribution in [0.3, 0.4) is 0 Å². The standard InChI is InChI=1S/C20H21N3O3/c1-14-7-6-9-16(11-14)21-13-15-8-4-5-10-17(15)26-20-22-18(24-2)12-19(23-20)25-3/h4-12,21H,13H2,1-3H3. The Hall–Kier alpha value is -3.28. The van der Waals surface area contributed by atoms with Gasteiger partial charge < -0.3 is 19.5 Å². The van der Waals surface area contributed by atoms with Crippen LogP contribution in [0.4, 0.5) is 5.69 Å². The van der Waals surface area contributed by atoms with Crippen molar-refractivity contribution in [3.8, 4) is 23.5 Å². The SMILES string of the molecule is COc1cc(OC)nc(Oc2ccccc2CNc2cccc(C)c2)n1. The summed E-state index contributed by atoms with van der Waals surface area (Å²) >= 11 is 0. The van der Waals surface area contributed by atoms with Gasteiger partial charge in [-0.2, -0.15) is 9.97 Å². The number of ether oxygens (including phenoxy) is 3. The molecule has 0 saturated heterocycles. The summed E-state index contributed by atoms with van der Waals surface area (Å²) in [5.41, 5.74) is 3.25. The molecule has 2 aromatic carbocycles. The molecule has 1 N–H and O–H groups in total. The first-order valence-corrected chi connectivity index (χ1v) is 8.21. The average molecular weight is 351 g/mol. The van der Waals surface area contributed by atoms with Crippen molar-refractivity contribution in [3.63, 3.8) is 0 Å². The molecule has 0 amide bonds. The average Bonchev–Trinajstić information content (AvgIpc) is 2.67. The van der Waals surface area contributed by atoms with Gasteiger partial charge in [0.25, 0.3) is 0 Å². The van der Waals surface area contributed by atoms with Crippen molar-refractivity contribution in [2.45, 2.75) is 13.5 Å². The molecule has 3 rings (SSSR count). The first kappa shape index (κ1) is 17.5. The Morgan fingerprint density at radius 2 is 1.62 bits per heavy atom. The summed E-state index contributed by atoms with van der Waals surface area (Å²) < 4.78 is 16.2. The monoisotopic (exact) mass is 351 g/mol. The fourth-order valence-corrected chi connectivity index (χ4v) is 2.44.